The number of hydrogen-bond acceptors (Lipinski definition) is 4. The van der Waals surface area contributed by atoms with Crippen molar-refractivity contribution in [2.45, 2.75) is 25.7 Å². The highest BCUT2D eigenvalue weighted by Crippen LogP contribution is 2.22. The molecule has 0 saturated heterocycles. The van der Waals surface area contributed by atoms with Gasteiger partial charge in [0.2, 0.25) is 5.91 Å². The zero-order valence-corrected chi connectivity index (χ0v) is 13.4. The Morgan fingerprint density at radius 2 is 1.65 bits per heavy atom. The first kappa shape index (κ1) is 17.1. The summed E-state index contributed by atoms with van der Waals surface area (Å²) in [5.41, 5.74) is 0.964. The van der Waals surface area contributed by atoms with E-state index in [9.17, 15) is 14.4 Å². The highest BCUT2D eigenvalue weighted by Gasteiger charge is 2.34. The highest BCUT2D eigenvalue weighted by molar-refractivity contribution is 6.21. The second-order valence-corrected chi connectivity index (χ2v) is 5.57. The van der Waals surface area contributed by atoms with E-state index < -0.39 is 0 Å². The van der Waals surface area contributed by atoms with E-state index in [0.717, 1.165) is 19.4 Å². The van der Waals surface area contributed by atoms with Gasteiger partial charge in [0.1, 0.15) is 0 Å². The average molecular weight is 317 g/mol. The maximum atomic E-state index is 12.2. The van der Waals surface area contributed by atoms with Crippen molar-refractivity contribution in [2.24, 2.45) is 0 Å². The molecule has 0 aliphatic carbocycles. The van der Waals surface area contributed by atoms with Gasteiger partial charge in [-0.15, -0.1) is 0 Å². The number of carbonyl (C=O) groups excluding carboxylic acids is 3. The van der Waals surface area contributed by atoms with Crippen molar-refractivity contribution >= 4 is 17.7 Å². The fraction of sp³-hybridized carbons (Fsp3) is 0.471. The second-order valence-electron chi connectivity index (χ2n) is 5.57. The summed E-state index contributed by atoms with van der Waals surface area (Å²) >= 11 is 0. The Morgan fingerprint density at radius 3 is 2.26 bits per heavy atom. The lowest BCUT2D eigenvalue weighted by Crippen LogP contribution is -2.31. The quantitative estimate of drug-likeness (QED) is 0.529. The van der Waals surface area contributed by atoms with Gasteiger partial charge in [0.25, 0.3) is 11.8 Å². The third-order valence-electron chi connectivity index (χ3n) is 3.84. The number of rotatable bonds is 9. The van der Waals surface area contributed by atoms with Gasteiger partial charge < -0.3 is 10.6 Å². The van der Waals surface area contributed by atoms with Crippen LogP contribution in [-0.4, -0.2) is 49.3 Å². The number of carbonyl (C=O) groups is 3. The molecule has 1 aromatic carbocycles. The van der Waals surface area contributed by atoms with E-state index in [0.29, 0.717) is 37.1 Å². The fourth-order valence-corrected chi connectivity index (χ4v) is 2.58. The molecule has 2 N–H and O–H groups in total. The Morgan fingerprint density at radius 1 is 1.00 bits per heavy atom. The lowest BCUT2D eigenvalue weighted by molar-refractivity contribution is -0.121. The van der Waals surface area contributed by atoms with Crippen LogP contribution in [0.4, 0.5) is 0 Å². The average Bonchev–Trinajstić information content (AvgIpc) is 2.80. The molecule has 124 valence electrons. The van der Waals surface area contributed by atoms with Crippen LogP contribution in [0.3, 0.4) is 0 Å². The summed E-state index contributed by atoms with van der Waals surface area (Å²) in [4.78, 5) is 37.1. The van der Waals surface area contributed by atoms with Crippen LogP contribution in [0.25, 0.3) is 0 Å². The van der Waals surface area contributed by atoms with Crippen molar-refractivity contribution < 1.29 is 14.4 Å². The minimum atomic E-state index is -0.221. The number of nitrogens with one attached hydrogen (secondary N) is 2. The minimum absolute atomic E-state index is 0.0426. The second kappa shape index (κ2) is 8.43. The summed E-state index contributed by atoms with van der Waals surface area (Å²) in [6.07, 6.45) is 2.75. The molecule has 6 heteroatoms. The van der Waals surface area contributed by atoms with Gasteiger partial charge in [-0.05, 0) is 45.0 Å². The number of benzene rings is 1. The maximum absolute atomic E-state index is 12.2. The molecule has 0 unspecified atom stereocenters. The molecule has 0 fully saturated rings. The first-order valence-electron chi connectivity index (χ1n) is 8.01. The molecule has 0 spiro atoms. The zero-order chi connectivity index (χ0) is 16.7. The predicted molar refractivity (Wildman–Crippen MR) is 87.2 cm³/mol. The Bertz CT molecular complexity index is 551. The molecule has 23 heavy (non-hydrogen) atoms. The molecule has 1 heterocycles. The van der Waals surface area contributed by atoms with Crippen molar-refractivity contribution in [1.82, 2.24) is 15.5 Å². The van der Waals surface area contributed by atoms with Crippen LogP contribution in [0.5, 0.6) is 0 Å². The lowest BCUT2D eigenvalue weighted by atomic mass is 10.1. The number of hydrogen-bond donors (Lipinski definition) is 2. The van der Waals surface area contributed by atoms with Crippen molar-refractivity contribution in [1.29, 1.82) is 0 Å². The zero-order valence-electron chi connectivity index (χ0n) is 13.4. The largest absolute Gasteiger partial charge is 0.356 e. The number of unbranched alkanes of at least 4 members (excludes halogenated alkanes) is 1. The van der Waals surface area contributed by atoms with Gasteiger partial charge in [-0.1, -0.05) is 12.1 Å². The lowest BCUT2D eigenvalue weighted by Gasteiger charge is -2.13. The van der Waals surface area contributed by atoms with Crippen molar-refractivity contribution in [2.75, 3.05) is 26.7 Å². The highest BCUT2D eigenvalue weighted by atomic mass is 16.2. The molecule has 0 radical (unpaired) electrons. The van der Waals surface area contributed by atoms with Crippen molar-refractivity contribution in [3.8, 4) is 0 Å². The molecular weight excluding hydrogens is 294 g/mol. The topological polar surface area (TPSA) is 78.5 Å². The standard InChI is InChI=1S/C17H23N3O3/c1-18-10-6-9-15(21)19-11-4-5-12-20-16(22)13-7-2-3-8-14(13)17(20)23/h2-3,7-8,18H,4-6,9-12H2,1H3,(H,19,21). The monoisotopic (exact) mass is 317 g/mol. The third-order valence-corrected chi connectivity index (χ3v) is 3.84. The van der Waals surface area contributed by atoms with Crippen LogP contribution in [-0.2, 0) is 4.79 Å². The van der Waals surface area contributed by atoms with Crippen molar-refractivity contribution in [3.05, 3.63) is 35.4 Å². The van der Waals surface area contributed by atoms with Crippen LogP contribution < -0.4 is 10.6 Å². The van der Waals surface area contributed by atoms with E-state index in [-0.39, 0.29) is 17.7 Å². The SMILES string of the molecule is CNCCCC(=O)NCCCCN1C(=O)c2ccccc2C1=O. The Balaban J connectivity index is 1.67. The summed E-state index contributed by atoms with van der Waals surface area (Å²) in [5.74, 6) is -0.399. The first-order chi connectivity index (χ1) is 11.1. The van der Waals surface area contributed by atoms with E-state index in [4.69, 9.17) is 0 Å². The number of nitrogens with zero attached hydrogens (tertiary/aromatic N) is 1. The molecule has 0 saturated carbocycles. The van der Waals surface area contributed by atoms with Gasteiger partial charge in [-0.3, -0.25) is 19.3 Å². The van der Waals surface area contributed by atoms with E-state index in [1.165, 1.54) is 4.90 Å². The number of imide groups is 1. The van der Waals surface area contributed by atoms with Gasteiger partial charge in [-0.2, -0.15) is 0 Å². The molecule has 0 atom stereocenters. The first-order valence-corrected chi connectivity index (χ1v) is 8.01. The Hall–Kier alpha value is -2.21. The summed E-state index contributed by atoms with van der Waals surface area (Å²) in [6.45, 7) is 1.79. The van der Waals surface area contributed by atoms with Gasteiger partial charge in [0.05, 0.1) is 11.1 Å². The summed E-state index contributed by atoms with van der Waals surface area (Å²) < 4.78 is 0. The molecule has 0 bridgehead atoms. The number of fused-ring (bicyclic) bond motifs is 1. The van der Waals surface area contributed by atoms with Gasteiger partial charge >= 0.3 is 0 Å². The van der Waals surface area contributed by atoms with E-state index in [1.54, 1.807) is 24.3 Å². The molecule has 0 aromatic heterocycles. The number of amides is 3. The van der Waals surface area contributed by atoms with Crippen LogP contribution >= 0.6 is 0 Å². The molecular formula is C17H23N3O3. The third kappa shape index (κ3) is 4.39. The van der Waals surface area contributed by atoms with Gasteiger partial charge in [0, 0.05) is 19.5 Å². The Kier molecular flexibility index (Phi) is 6.29. The van der Waals surface area contributed by atoms with E-state index in [1.807, 2.05) is 7.05 Å². The molecule has 2 rings (SSSR count). The van der Waals surface area contributed by atoms with Crippen molar-refractivity contribution in [3.63, 3.8) is 0 Å². The van der Waals surface area contributed by atoms with Gasteiger partial charge in [0.15, 0.2) is 0 Å². The van der Waals surface area contributed by atoms with E-state index >= 15 is 0 Å². The fourth-order valence-electron chi connectivity index (χ4n) is 2.58. The smallest absolute Gasteiger partial charge is 0.261 e. The predicted octanol–water partition coefficient (Wildman–Crippen LogP) is 1.18. The maximum Gasteiger partial charge on any atom is 0.261 e. The minimum Gasteiger partial charge on any atom is -0.356 e. The Labute approximate surface area is 136 Å². The van der Waals surface area contributed by atoms with Crippen LogP contribution in [0.1, 0.15) is 46.4 Å². The molecule has 1 aliphatic heterocycles. The van der Waals surface area contributed by atoms with Crippen LogP contribution in [0, 0.1) is 0 Å². The van der Waals surface area contributed by atoms with E-state index in [2.05, 4.69) is 10.6 Å². The summed E-state index contributed by atoms with van der Waals surface area (Å²) in [7, 11) is 1.86. The molecule has 3 amide bonds. The van der Waals surface area contributed by atoms with Crippen LogP contribution in [0.15, 0.2) is 24.3 Å². The summed E-state index contributed by atoms with van der Waals surface area (Å²) in [6, 6.07) is 6.89. The summed E-state index contributed by atoms with van der Waals surface area (Å²) in [5, 5.41) is 5.85. The van der Waals surface area contributed by atoms with Crippen LogP contribution in [0.2, 0.25) is 0 Å². The molecule has 6 nitrogen and oxygen atoms in total. The molecule has 1 aliphatic rings. The molecule has 1 aromatic rings. The van der Waals surface area contributed by atoms with Gasteiger partial charge in [-0.25, -0.2) is 0 Å². The normalized spacial score (nSPS) is 13.3.